The number of aliphatic hydroxyl groups is 1. The topological polar surface area (TPSA) is 29.5 Å². The first-order valence-electron chi connectivity index (χ1n) is 7.31. The predicted octanol–water partition coefficient (Wildman–Crippen LogP) is 5.83. The van der Waals surface area contributed by atoms with Crippen molar-refractivity contribution in [3.8, 4) is 0 Å². The van der Waals surface area contributed by atoms with Crippen molar-refractivity contribution in [3.05, 3.63) is 33.8 Å². The molecule has 0 spiro atoms. The van der Waals surface area contributed by atoms with Gasteiger partial charge in [-0.3, -0.25) is 0 Å². The Labute approximate surface area is 139 Å². The molecule has 2 nitrogen and oxygen atoms in total. The van der Waals surface area contributed by atoms with E-state index in [9.17, 15) is 5.11 Å². The molecule has 0 radical (unpaired) electrons. The molecule has 0 aliphatic carbocycles. The summed E-state index contributed by atoms with van der Waals surface area (Å²) in [5.41, 5.74) is 0.561. The maximum atomic E-state index is 10.7. The Morgan fingerprint density at radius 2 is 1.67 bits per heavy atom. The number of benzene rings is 1. The molecule has 0 saturated carbocycles. The summed E-state index contributed by atoms with van der Waals surface area (Å²) >= 11 is 12.4. The molecule has 1 rings (SSSR count). The minimum atomic E-state index is -1.97. The molecule has 0 amide bonds. The summed E-state index contributed by atoms with van der Waals surface area (Å²) in [7, 11) is -1.97. The SMILES string of the molecule is CCC(O[Si](C)(C)C(C)(C)C)[C@H](O)c1c(Cl)cccc1Cl. The molecule has 0 saturated heterocycles. The van der Waals surface area contributed by atoms with Crippen LogP contribution in [0, 0.1) is 0 Å². The Morgan fingerprint density at radius 3 is 2.05 bits per heavy atom. The minimum absolute atomic E-state index is 0.0877. The molecule has 1 N–H and O–H groups in total. The Balaban J connectivity index is 3.06. The molecule has 5 heteroatoms. The first-order valence-corrected chi connectivity index (χ1v) is 11.0. The van der Waals surface area contributed by atoms with E-state index in [1.807, 2.05) is 6.92 Å². The molecule has 1 unspecified atom stereocenters. The first-order chi connectivity index (χ1) is 9.51. The molecule has 21 heavy (non-hydrogen) atoms. The molecule has 0 aromatic heterocycles. The van der Waals surface area contributed by atoms with E-state index in [4.69, 9.17) is 27.6 Å². The number of rotatable bonds is 5. The molecule has 0 heterocycles. The highest BCUT2D eigenvalue weighted by molar-refractivity contribution is 6.74. The van der Waals surface area contributed by atoms with Crippen molar-refractivity contribution in [2.45, 2.75) is 64.5 Å². The van der Waals surface area contributed by atoms with Gasteiger partial charge in [0.15, 0.2) is 8.32 Å². The van der Waals surface area contributed by atoms with Gasteiger partial charge >= 0.3 is 0 Å². The maximum Gasteiger partial charge on any atom is 0.192 e. The maximum absolute atomic E-state index is 10.7. The summed E-state index contributed by atoms with van der Waals surface area (Å²) in [6, 6.07) is 5.26. The average Bonchev–Trinajstić information content (AvgIpc) is 2.34. The van der Waals surface area contributed by atoms with E-state index in [1.165, 1.54) is 0 Å². The minimum Gasteiger partial charge on any atom is -0.411 e. The second-order valence-electron chi connectivity index (χ2n) is 6.91. The average molecular weight is 349 g/mol. The van der Waals surface area contributed by atoms with Gasteiger partial charge in [0.1, 0.15) is 6.10 Å². The zero-order chi connectivity index (χ0) is 16.4. The van der Waals surface area contributed by atoms with Crippen molar-refractivity contribution < 1.29 is 9.53 Å². The highest BCUT2D eigenvalue weighted by Gasteiger charge is 2.40. The van der Waals surface area contributed by atoms with Crippen molar-refractivity contribution in [1.82, 2.24) is 0 Å². The van der Waals surface area contributed by atoms with Gasteiger partial charge in [0.25, 0.3) is 0 Å². The summed E-state index contributed by atoms with van der Waals surface area (Å²) in [6.45, 7) is 12.9. The fraction of sp³-hybridized carbons (Fsp3) is 0.625. The van der Waals surface area contributed by atoms with E-state index < -0.39 is 14.4 Å². The summed E-state index contributed by atoms with van der Waals surface area (Å²) in [6.07, 6.45) is -0.413. The van der Waals surface area contributed by atoms with Crippen LogP contribution in [-0.2, 0) is 4.43 Å². The monoisotopic (exact) mass is 348 g/mol. The number of hydrogen-bond donors (Lipinski definition) is 1. The second-order valence-corrected chi connectivity index (χ2v) is 12.5. The molecular formula is C16H26Cl2O2Si. The lowest BCUT2D eigenvalue weighted by atomic mass is 10.0. The highest BCUT2D eigenvalue weighted by atomic mass is 35.5. The van der Waals surface area contributed by atoms with Crippen molar-refractivity contribution in [2.75, 3.05) is 0 Å². The van der Waals surface area contributed by atoms with E-state index in [2.05, 4.69) is 33.9 Å². The quantitative estimate of drug-likeness (QED) is 0.678. The predicted molar refractivity (Wildman–Crippen MR) is 93.8 cm³/mol. The third kappa shape index (κ3) is 4.46. The van der Waals surface area contributed by atoms with Crippen molar-refractivity contribution in [2.24, 2.45) is 0 Å². The van der Waals surface area contributed by atoms with Crippen LogP contribution in [0.5, 0.6) is 0 Å². The Bertz CT molecular complexity index is 463. The third-order valence-corrected chi connectivity index (χ3v) is 9.47. The molecule has 1 aromatic rings. The smallest absolute Gasteiger partial charge is 0.192 e. The fourth-order valence-electron chi connectivity index (χ4n) is 1.91. The Kier molecular flexibility index (Phi) is 6.34. The van der Waals surface area contributed by atoms with E-state index in [1.54, 1.807) is 18.2 Å². The van der Waals surface area contributed by atoms with E-state index >= 15 is 0 Å². The van der Waals surface area contributed by atoms with Crippen LogP contribution in [-0.4, -0.2) is 19.5 Å². The molecule has 1 aromatic carbocycles. The normalized spacial score (nSPS) is 15.9. The Hall–Kier alpha value is -0.0631. The van der Waals surface area contributed by atoms with Crippen LogP contribution in [0.1, 0.15) is 45.8 Å². The van der Waals surface area contributed by atoms with Gasteiger partial charge in [-0.1, -0.05) is 57.0 Å². The summed E-state index contributed by atoms with van der Waals surface area (Å²) in [5, 5.41) is 11.7. The summed E-state index contributed by atoms with van der Waals surface area (Å²) < 4.78 is 6.35. The van der Waals surface area contributed by atoms with Crippen LogP contribution in [0.25, 0.3) is 0 Å². The van der Waals surface area contributed by atoms with Crippen LogP contribution in [0.2, 0.25) is 28.2 Å². The van der Waals surface area contributed by atoms with E-state index in [0.717, 1.165) is 0 Å². The van der Waals surface area contributed by atoms with Gasteiger partial charge in [0, 0.05) is 15.6 Å². The highest BCUT2D eigenvalue weighted by Crippen LogP contribution is 2.41. The standard InChI is InChI=1S/C16H26Cl2O2Si/c1-7-13(20-21(5,6)16(2,3)4)15(19)14-11(17)9-8-10-12(14)18/h8-10,13,15,19H,7H2,1-6H3/t13?,15-/m0/s1. The lowest BCUT2D eigenvalue weighted by molar-refractivity contribution is 0.0245. The van der Waals surface area contributed by atoms with Gasteiger partial charge in [-0.25, -0.2) is 0 Å². The molecular weight excluding hydrogens is 323 g/mol. The summed E-state index contributed by atoms with van der Waals surface area (Å²) in [5.74, 6) is 0. The summed E-state index contributed by atoms with van der Waals surface area (Å²) in [4.78, 5) is 0. The zero-order valence-electron chi connectivity index (χ0n) is 13.7. The van der Waals surface area contributed by atoms with E-state index in [0.29, 0.717) is 22.0 Å². The van der Waals surface area contributed by atoms with Gasteiger partial charge < -0.3 is 9.53 Å². The number of hydrogen-bond acceptors (Lipinski definition) is 2. The Morgan fingerprint density at radius 1 is 1.19 bits per heavy atom. The van der Waals surface area contributed by atoms with Gasteiger partial charge in [0.2, 0.25) is 0 Å². The van der Waals surface area contributed by atoms with Crippen LogP contribution >= 0.6 is 23.2 Å². The van der Waals surface area contributed by atoms with Crippen molar-refractivity contribution in [1.29, 1.82) is 0 Å². The van der Waals surface area contributed by atoms with Crippen LogP contribution in [0.15, 0.2) is 18.2 Å². The molecule has 2 atom stereocenters. The third-order valence-electron chi connectivity index (χ3n) is 4.30. The van der Waals surface area contributed by atoms with Gasteiger partial charge in [-0.2, -0.15) is 0 Å². The largest absolute Gasteiger partial charge is 0.411 e. The molecule has 0 bridgehead atoms. The molecule has 0 aliphatic heterocycles. The van der Waals surface area contributed by atoms with Crippen molar-refractivity contribution in [3.63, 3.8) is 0 Å². The molecule has 120 valence electrons. The second kappa shape index (κ2) is 7.01. The van der Waals surface area contributed by atoms with Crippen LogP contribution in [0.3, 0.4) is 0 Å². The first kappa shape index (κ1) is 19.0. The molecule has 0 aliphatic rings. The molecule has 0 fully saturated rings. The fourth-order valence-corrected chi connectivity index (χ4v) is 3.93. The number of halogens is 2. The lowest BCUT2D eigenvalue weighted by Gasteiger charge is -2.40. The van der Waals surface area contributed by atoms with Crippen LogP contribution < -0.4 is 0 Å². The van der Waals surface area contributed by atoms with Crippen LogP contribution in [0.4, 0.5) is 0 Å². The van der Waals surface area contributed by atoms with Gasteiger partial charge in [-0.05, 0) is 36.7 Å². The zero-order valence-corrected chi connectivity index (χ0v) is 16.2. The van der Waals surface area contributed by atoms with Gasteiger partial charge in [0.05, 0.1) is 6.10 Å². The lowest BCUT2D eigenvalue weighted by Crippen LogP contribution is -2.45. The van der Waals surface area contributed by atoms with Crippen molar-refractivity contribution >= 4 is 31.5 Å². The van der Waals surface area contributed by atoms with Gasteiger partial charge in [-0.15, -0.1) is 0 Å². The number of aliphatic hydroxyl groups excluding tert-OH is 1. The van der Waals surface area contributed by atoms with E-state index in [-0.39, 0.29) is 11.1 Å².